The van der Waals surface area contributed by atoms with Crippen LogP contribution in [0.1, 0.15) is 123 Å². The number of terminal acetylenes is 1. The van der Waals surface area contributed by atoms with E-state index in [0.717, 1.165) is 54.2 Å². The number of benzene rings is 2. The summed E-state index contributed by atoms with van der Waals surface area (Å²) in [5, 5.41) is 0. The normalized spacial score (nSPS) is 19.0. The van der Waals surface area contributed by atoms with E-state index in [-0.39, 0.29) is 22.7 Å². The summed E-state index contributed by atoms with van der Waals surface area (Å²) < 4.78 is 23.7. The van der Waals surface area contributed by atoms with Gasteiger partial charge in [-0.2, -0.15) is 0 Å². The molecule has 5 nitrogen and oxygen atoms in total. The van der Waals surface area contributed by atoms with E-state index in [9.17, 15) is 0 Å². The average molecular weight is 708 g/mol. The molecule has 0 bridgehead atoms. The molecule has 0 saturated carbocycles. The van der Waals surface area contributed by atoms with Crippen LogP contribution in [0.25, 0.3) is 0 Å². The molecule has 0 aliphatic carbocycles. The van der Waals surface area contributed by atoms with Crippen LogP contribution in [0.5, 0.6) is 5.75 Å². The summed E-state index contributed by atoms with van der Waals surface area (Å²) in [6.45, 7) is 22.5. The topological polar surface area (TPSA) is 49.3 Å². The van der Waals surface area contributed by atoms with E-state index < -0.39 is 10.3 Å². The van der Waals surface area contributed by atoms with Gasteiger partial charge in [-0.25, -0.2) is 0 Å². The molecule has 0 aromatic heterocycles. The van der Waals surface area contributed by atoms with Crippen molar-refractivity contribution in [2.24, 2.45) is 10.9 Å². The first-order valence-corrected chi connectivity index (χ1v) is 21.2. The summed E-state index contributed by atoms with van der Waals surface area (Å²) in [6, 6.07) is 16.6. The summed E-state index contributed by atoms with van der Waals surface area (Å²) in [5.74, 6) is 3.96. The Kier molecular flexibility index (Phi) is 19.5. The van der Waals surface area contributed by atoms with Crippen LogP contribution in [0.2, 0.25) is 0 Å². The highest BCUT2D eigenvalue weighted by molar-refractivity contribution is 8.30. The molecule has 2 aliphatic heterocycles. The van der Waals surface area contributed by atoms with E-state index >= 15 is 0 Å². The van der Waals surface area contributed by atoms with Gasteiger partial charge in [0.05, 0.1) is 24.7 Å². The first-order valence-electron chi connectivity index (χ1n) is 18.8. The van der Waals surface area contributed by atoms with Crippen molar-refractivity contribution < 1.29 is 18.4 Å². The number of nitrogens with zero attached hydrogens (tertiary/aromatic N) is 1. The van der Waals surface area contributed by atoms with Gasteiger partial charge < -0.3 is 18.4 Å². The lowest BCUT2D eigenvalue weighted by molar-refractivity contribution is 0.0218. The van der Waals surface area contributed by atoms with Crippen molar-refractivity contribution in [3.8, 4) is 18.1 Å². The third-order valence-corrected chi connectivity index (χ3v) is 12.7. The second kappa shape index (κ2) is 22.4. The molecule has 1 fully saturated rings. The van der Waals surface area contributed by atoms with Crippen molar-refractivity contribution in [1.29, 1.82) is 0 Å². The Morgan fingerprint density at radius 3 is 2.32 bits per heavy atom. The molecule has 0 N–H and O–H groups in total. The van der Waals surface area contributed by atoms with Gasteiger partial charge in [-0.3, -0.25) is 4.99 Å². The fourth-order valence-corrected chi connectivity index (χ4v) is 6.17. The van der Waals surface area contributed by atoms with Crippen LogP contribution in [-0.2, 0) is 20.8 Å². The molecule has 2 aromatic rings. The molecule has 4 rings (SSSR count). The maximum absolute atomic E-state index is 6.54. The maximum Gasteiger partial charge on any atom is 0.135 e. The van der Waals surface area contributed by atoms with Gasteiger partial charge >= 0.3 is 0 Å². The lowest BCUT2D eigenvalue weighted by Gasteiger charge is -2.43. The zero-order valence-electron chi connectivity index (χ0n) is 33.3. The minimum absolute atomic E-state index is 0.0740. The number of hydrogen-bond acceptors (Lipinski definition) is 5. The Balaban J connectivity index is 0.000000749. The molecule has 6 heteroatoms. The number of rotatable bonds is 14. The van der Waals surface area contributed by atoms with Gasteiger partial charge in [0.25, 0.3) is 0 Å². The predicted octanol–water partition coefficient (Wildman–Crippen LogP) is 11.6. The first-order chi connectivity index (χ1) is 23.7. The predicted molar refractivity (Wildman–Crippen MR) is 218 cm³/mol. The Hall–Kier alpha value is -2.56. The zero-order chi connectivity index (χ0) is 37.2. The zero-order valence-corrected chi connectivity index (χ0v) is 34.2. The molecule has 50 heavy (non-hydrogen) atoms. The number of hydrogen-bond donors (Lipinski definition) is 0. The second-order valence-electron chi connectivity index (χ2n) is 15.0. The van der Waals surface area contributed by atoms with Gasteiger partial charge in [0.15, 0.2) is 0 Å². The van der Waals surface area contributed by atoms with E-state index in [1.165, 1.54) is 31.2 Å². The van der Waals surface area contributed by atoms with Crippen molar-refractivity contribution in [1.82, 2.24) is 0 Å². The molecule has 0 spiro atoms. The minimum atomic E-state index is -1.30. The molecule has 0 amide bonds. The van der Waals surface area contributed by atoms with Crippen molar-refractivity contribution in [3.05, 3.63) is 77.0 Å². The second-order valence-corrected chi connectivity index (χ2v) is 18.9. The lowest BCUT2D eigenvalue weighted by Crippen LogP contribution is -2.27. The van der Waals surface area contributed by atoms with Gasteiger partial charge in [0.1, 0.15) is 5.75 Å². The molecule has 1 saturated heterocycles. The van der Waals surface area contributed by atoms with E-state index in [0.29, 0.717) is 25.9 Å². The summed E-state index contributed by atoms with van der Waals surface area (Å²) in [7, 11) is -1.30. The van der Waals surface area contributed by atoms with Crippen LogP contribution in [-0.4, -0.2) is 55.0 Å². The van der Waals surface area contributed by atoms with Crippen LogP contribution < -0.4 is 4.18 Å². The van der Waals surface area contributed by atoms with Crippen LogP contribution in [0, 0.1) is 25.2 Å². The van der Waals surface area contributed by atoms with Crippen molar-refractivity contribution >= 4 is 16.0 Å². The fraction of sp³-hybridized carbons (Fsp3) is 0.614. The Morgan fingerprint density at radius 2 is 1.74 bits per heavy atom. The van der Waals surface area contributed by atoms with Gasteiger partial charge in [0.2, 0.25) is 0 Å². The number of aliphatic imine (C=N–C) groups is 1. The highest BCUT2D eigenvalue weighted by Crippen LogP contribution is 2.53. The highest BCUT2D eigenvalue weighted by Gasteiger charge is 2.31. The fourth-order valence-electron chi connectivity index (χ4n) is 5.33. The smallest absolute Gasteiger partial charge is 0.135 e. The van der Waals surface area contributed by atoms with Gasteiger partial charge in [0, 0.05) is 41.9 Å². The van der Waals surface area contributed by atoms with Crippen LogP contribution >= 0.6 is 10.3 Å². The molecule has 2 aromatic carbocycles. The van der Waals surface area contributed by atoms with Gasteiger partial charge in [-0.1, -0.05) is 85.9 Å². The van der Waals surface area contributed by atoms with E-state index in [1.54, 1.807) is 0 Å². The highest BCUT2D eigenvalue weighted by atomic mass is 32.3. The Bertz CT molecular complexity index is 1350. The molecular formula is C44H69NO4S. The molecule has 2 aliphatic rings. The van der Waals surface area contributed by atoms with Crippen molar-refractivity contribution in [2.75, 3.05) is 32.3 Å². The number of aryl methyl sites for hydroxylation is 1. The van der Waals surface area contributed by atoms with Crippen molar-refractivity contribution in [2.45, 2.75) is 137 Å². The third-order valence-electron chi connectivity index (χ3n) is 9.16. The first kappa shape index (κ1) is 43.6. The summed E-state index contributed by atoms with van der Waals surface area (Å²) >= 11 is 0. The monoisotopic (exact) mass is 707 g/mol. The SMILES string of the molecule is C#CC(C1=NC(CCCOCC[C@@H](C)OCc2ccccc2)=CC1C)c1cc(OS(C)(C)C(C)(C)C)ccc1C.CC1CCCCO1.CCC. The van der Waals surface area contributed by atoms with E-state index in [2.05, 4.69) is 117 Å². The molecular weight excluding hydrogens is 639 g/mol. The Labute approximate surface area is 308 Å². The lowest BCUT2D eigenvalue weighted by atomic mass is 9.86. The maximum atomic E-state index is 6.54. The molecule has 0 radical (unpaired) electrons. The largest absolute Gasteiger partial charge is 0.449 e. The van der Waals surface area contributed by atoms with Gasteiger partial charge in [-0.15, -0.1) is 6.42 Å². The summed E-state index contributed by atoms with van der Waals surface area (Å²) in [6.07, 6.45) is 21.4. The van der Waals surface area contributed by atoms with Crippen molar-refractivity contribution in [3.63, 3.8) is 0 Å². The summed E-state index contributed by atoms with van der Waals surface area (Å²) in [5.41, 5.74) is 5.62. The molecule has 280 valence electrons. The number of allylic oxidation sites excluding steroid dienone is 2. The minimum Gasteiger partial charge on any atom is -0.449 e. The summed E-state index contributed by atoms with van der Waals surface area (Å²) in [4.78, 5) is 5.02. The quantitative estimate of drug-likeness (QED) is 0.145. The Morgan fingerprint density at radius 1 is 1.04 bits per heavy atom. The number of ether oxygens (including phenoxy) is 3. The molecule has 2 heterocycles. The van der Waals surface area contributed by atoms with Gasteiger partial charge in [-0.05, 0) is 121 Å². The van der Waals surface area contributed by atoms with E-state index in [4.69, 9.17) is 29.8 Å². The molecule has 4 atom stereocenters. The average Bonchev–Trinajstić information content (AvgIpc) is 3.44. The van der Waals surface area contributed by atoms with E-state index in [1.807, 2.05) is 18.2 Å². The van der Waals surface area contributed by atoms with Crippen LogP contribution in [0.3, 0.4) is 0 Å². The third kappa shape index (κ3) is 15.4. The van der Waals surface area contributed by atoms with Crippen LogP contribution in [0.4, 0.5) is 0 Å². The molecule has 3 unspecified atom stereocenters. The van der Waals surface area contributed by atoms with Crippen LogP contribution in [0.15, 0.2) is 65.3 Å². The standard InChI is InChI=1S/C35H49NO3S.C6H12O.C3H8/c1-10-32(33-24-31(19-18-26(33)2)39-40(8,9)35(5,6)7)34-27(3)23-30(36-34)17-14-21-37-22-20-28(4)38-25-29-15-12-11-13-16-29;1-6-4-2-3-5-7-6;1-3-2/h1,11-13,15-16,18-19,23-24,27-28,32H,14,17,20-22,25H2,2-9H3;6H,2-5H2,1H3;3H2,1-2H3/t27?,28-,32?;;/m1../s1.